The second-order valence-corrected chi connectivity index (χ2v) is 6.81. The van der Waals surface area contributed by atoms with Gasteiger partial charge in [0.1, 0.15) is 11.4 Å². The minimum Gasteiger partial charge on any atom is -0.350 e. The molecule has 0 bridgehead atoms. The fourth-order valence-electron chi connectivity index (χ4n) is 2.53. The van der Waals surface area contributed by atoms with Crippen molar-refractivity contribution in [3.05, 3.63) is 67.7 Å². The number of nitrogens with one attached hydrogen (secondary N) is 1. The molecule has 6 nitrogen and oxygen atoms in total. The molecule has 0 radical (unpaired) electrons. The van der Waals surface area contributed by atoms with Crippen molar-refractivity contribution in [3.8, 4) is 0 Å². The van der Waals surface area contributed by atoms with Gasteiger partial charge in [0.25, 0.3) is 5.56 Å². The van der Waals surface area contributed by atoms with Crippen LogP contribution in [0.2, 0.25) is 0 Å². The lowest BCUT2D eigenvalue weighted by Gasteiger charge is -2.10. The van der Waals surface area contributed by atoms with Crippen LogP contribution in [0, 0.1) is 6.92 Å². The summed E-state index contributed by atoms with van der Waals surface area (Å²) in [6, 6.07) is 11.3. The molecule has 1 amide bonds. The van der Waals surface area contributed by atoms with Gasteiger partial charge in [-0.2, -0.15) is 0 Å². The number of fused-ring (bicyclic) bond motifs is 1. The van der Waals surface area contributed by atoms with E-state index < -0.39 is 5.69 Å². The highest BCUT2D eigenvalue weighted by Crippen LogP contribution is 2.20. The van der Waals surface area contributed by atoms with Crippen molar-refractivity contribution in [2.45, 2.75) is 20.0 Å². The third-order valence-corrected chi connectivity index (χ3v) is 4.84. The fourth-order valence-corrected chi connectivity index (χ4v) is 3.52. The zero-order valence-corrected chi connectivity index (χ0v) is 14.2. The number of aromatic nitrogens is 2. The monoisotopic (exact) mass is 343 g/mol. The van der Waals surface area contributed by atoms with E-state index in [1.54, 1.807) is 6.07 Å². The molecular formula is C17H17N3O3S. The summed E-state index contributed by atoms with van der Waals surface area (Å²) in [7, 11) is 1.43. The number of hydrogen-bond acceptors (Lipinski definition) is 4. The second-order valence-electron chi connectivity index (χ2n) is 5.57. The van der Waals surface area contributed by atoms with Crippen molar-refractivity contribution in [1.82, 2.24) is 14.5 Å². The summed E-state index contributed by atoms with van der Waals surface area (Å²) >= 11 is 1.34. The van der Waals surface area contributed by atoms with Crippen molar-refractivity contribution >= 4 is 27.5 Å². The number of hydrogen-bond donors (Lipinski definition) is 1. The predicted octanol–water partition coefficient (Wildman–Crippen LogP) is 1.39. The number of rotatable bonds is 4. The highest BCUT2D eigenvalue weighted by atomic mass is 32.1. The van der Waals surface area contributed by atoms with Crippen molar-refractivity contribution in [2.75, 3.05) is 0 Å². The summed E-state index contributed by atoms with van der Waals surface area (Å²) < 4.78 is 2.40. The lowest BCUT2D eigenvalue weighted by Crippen LogP contribution is -2.40. The van der Waals surface area contributed by atoms with E-state index in [2.05, 4.69) is 5.32 Å². The summed E-state index contributed by atoms with van der Waals surface area (Å²) in [5.74, 6) is -0.271. The molecule has 2 aromatic heterocycles. The lowest BCUT2D eigenvalue weighted by atomic mass is 10.2. The Hall–Kier alpha value is -2.67. The second kappa shape index (κ2) is 6.45. The van der Waals surface area contributed by atoms with Gasteiger partial charge in [0.2, 0.25) is 5.91 Å². The minimum atomic E-state index is -0.482. The molecular weight excluding hydrogens is 326 g/mol. The molecule has 7 heteroatoms. The van der Waals surface area contributed by atoms with E-state index in [1.807, 2.05) is 37.3 Å². The Morgan fingerprint density at radius 1 is 1.21 bits per heavy atom. The van der Waals surface area contributed by atoms with Gasteiger partial charge in [-0.1, -0.05) is 30.3 Å². The van der Waals surface area contributed by atoms with Gasteiger partial charge >= 0.3 is 5.69 Å². The number of carbonyl (C=O) groups excluding carboxylic acids is 1. The maximum atomic E-state index is 12.4. The molecule has 3 aromatic rings. The van der Waals surface area contributed by atoms with E-state index in [4.69, 9.17) is 0 Å². The largest absolute Gasteiger partial charge is 0.350 e. The molecule has 0 atom stereocenters. The predicted molar refractivity (Wildman–Crippen MR) is 94.4 cm³/mol. The average Bonchev–Trinajstić information content (AvgIpc) is 2.97. The van der Waals surface area contributed by atoms with Crippen LogP contribution in [-0.4, -0.2) is 15.0 Å². The van der Waals surface area contributed by atoms with Gasteiger partial charge in [0.15, 0.2) is 0 Å². The maximum absolute atomic E-state index is 12.4. The van der Waals surface area contributed by atoms with Crippen molar-refractivity contribution in [1.29, 1.82) is 0 Å². The van der Waals surface area contributed by atoms with E-state index in [1.165, 1.54) is 23.0 Å². The number of carbonyl (C=O) groups is 1. The summed E-state index contributed by atoms with van der Waals surface area (Å²) in [6.45, 7) is 2.15. The number of benzene rings is 1. The summed E-state index contributed by atoms with van der Waals surface area (Å²) in [5, 5.41) is 3.27. The van der Waals surface area contributed by atoms with Gasteiger partial charge in [0.05, 0.1) is 5.39 Å². The molecule has 0 saturated heterocycles. The van der Waals surface area contributed by atoms with Crippen LogP contribution in [-0.2, 0) is 24.9 Å². The minimum absolute atomic E-state index is 0.115. The third kappa shape index (κ3) is 3.03. The highest BCUT2D eigenvalue weighted by molar-refractivity contribution is 7.18. The van der Waals surface area contributed by atoms with Crippen LogP contribution in [0.25, 0.3) is 10.2 Å². The van der Waals surface area contributed by atoms with Crippen LogP contribution in [0.1, 0.15) is 10.4 Å². The first-order valence-corrected chi connectivity index (χ1v) is 8.29. The van der Waals surface area contributed by atoms with Gasteiger partial charge in [-0.3, -0.25) is 18.7 Å². The smallest absolute Gasteiger partial charge is 0.332 e. The van der Waals surface area contributed by atoms with E-state index in [9.17, 15) is 14.4 Å². The molecule has 2 heterocycles. The zero-order valence-electron chi connectivity index (χ0n) is 13.4. The number of amides is 1. The normalized spacial score (nSPS) is 10.9. The Balaban J connectivity index is 1.88. The SMILES string of the molecule is Cc1cc2c(=O)n(C)c(=O)n(CC(=O)NCc3ccccc3)c2s1. The molecule has 3 rings (SSSR count). The topological polar surface area (TPSA) is 73.1 Å². The van der Waals surface area contributed by atoms with Crippen LogP contribution in [0.4, 0.5) is 0 Å². The number of nitrogens with zero attached hydrogens (tertiary/aromatic N) is 2. The number of thiophene rings is 1. The lowest BCUT2D eigenvalue weighted by molar-refractivity contribution is -0.121. The van der Waals surface area contributed by atoms with Crippen LogP contribution < -0.4 is 16.6 Å². The van der Waals surface area contributed by atoms with Gasteiger partial charge in [0, 0.05) is 18.5 Å². The standard InChI is InChI=1S/C17H17N3O3S/c1-11-8-13-15(22)19(2)17(23)20(16(13)24-11)10-14(21)18-9-12-6-4-3-5-7-12/h3-8H,9-10H2,1-2H3,(H,18,21). The molecule has 0 saturated carbocycles. The first-order chi connectivity index (χ1) is 11.5. The van der Waals surface area contributed by atoms with E-state index in [0.717, 1.165) is 15.0 Å². The van der Waals surface area contributed by atoms with Crippen molar-refractivity contribution in [2.24, 2.45) is 7.05 Å². The van der Waals surface area contributed by atoms with Crippen LogP contribution in [0.3, 0.4) is 0 Å². The van der Waals surface area contributed by atoms with Gasteiger partial charge < -0.3 is 5.32 Å². The molecule has 0 aliphatic carbocycles. The Bertz CT molecular complexity index is 1020. The average molecular weight is 343 g/mol. The van der Waals surface area contributed by atoms with Crippen molar-refractivity contribution in [3.63, 3.8) is 0 Å². The van der Waals surface area contributed by atoms with Gasteiger partial charge in [-0.15, -0.1) is 11.3 Å². The third-order valence-electron chi connectivity index (χ3n) is 3.77. The highest BCUT2D eigenvalue weighted by Gasteiger charge is 2.15. The summed E-state index contributed by atoms with van der Waals surface area (Å²) in [5.41, 5.74) is 0.167. The molecule has 1 aromatic carbocycles. The Kier molecular flexibility index (Phi) is 4.35. The fraction of sp³-hybridized carbons (Fsp3) is 0.235. The Labute approximate surface area is 142 Å². The van der Waals surface area contributed by atoms with Crippen LogP contribution in [0.5, 0.6) is 0 Å². The maximum Gasteiger partial charge on any atom is 0.332 e. The molecule has 0 aliphatic heterocycles. The molecule has 0 aliphatic rings. The summed E-state index contributed by atoms with van der Waals surface area (Å²) in [6.07, 6.45) is 0. The van der Waals surface area contributed by atoms with Gasteiger partial charge in [-0.25, -0.2) is 4.79 Å². The van der Waals surface area contributed by atoms with Crippen molar-refractivity contribution < 1.29 is 4.79 Å². The van der Waals surface area contributed by atoms with E-state index in [-0.39, 0.29) is 18.0 Å². The van der Waals surface area contributed by atoms with Crippen LogP contribution in [0.15, 0.2) is 46.0 Å². The Morgan fingerprint density at radius 3 is 2.62 bits per heavy atom. The molecule has 0 fully saturated rings. The quantitative estimate of drug-likeness (QED) is 0.778. The Morgan fingerprint density at radius 2 is 1.92 bits per heavy atom. The molecule has 1 N–H and O–H groups in total. The van der Waals surface area contributed by atoms with E-state index in [0.29, 0.717) is 16.8 Å². The number of aryl methyl sites for hydroxylation is 1. The first kappa shape index (κ1) is 16.2. The van der Waals surface area contributed by atoms with Crippen LogP contribution >= 0.6 is 11.3 Å². The zero-order chi connectivity index (χ0) is 17.3. The molecule has 24 heavy (non-hydrogen) atoms. The van der Waals surface area contributed by atoms with Gasteiger partial charge in [-0.05, 0) is 18.6 Å². The molecule has 0 unspecified atom stereocenters. The molecule has 0 spiro atoms. The molecule has 124 valence electrons. The summed E-state index contributed by atoms with van der Waals surface area (Å²) in [4.78, 5) is 38.2. The first-order valence-electron chi connectivity index (χ1n) is 7.48. The van der Waals surface area contributed by atoms with E-state index >= 15 is 0 Å².